The van der Waals surface area contributed by atoms with E-state index in [0.717, 1.165) is 18.4 Å². The van der Waals surface area contributed by atoms with E-state index in [0.29, 0.717) is 46.2 Å². The highest BCUT2D eigenvalue weighted by Crippen LogP contribution is 2.38. The molecule has 0 aliphatic heterocycles. The number of nitrogens with one attached hydrogen (secondary N) is 1. The van der Waals surface area contributed by atoms with Gasteiger partial charge in [0.05, 0.1) is 16.9 Å². The Morgan fingerprint density at radius 1 is 1.25 bits per heavy atom. The van der Waals surface area contributed by atoms with Gasteiger partial charge in [-0.3, -0.25) is 9.36 Å². The van der Waals surface area contributed by atoms with Crippen LogP contribution in [0.4, 0.5) is 11.6 Å². The van der Waals surface area contributed by atoms with Gasteiger partial charge >= 0.3 is 0 Å². The molecule has 0 unspecified atom stereocenters. The Balaban J connectivity index is 1.64. The van der Waals surface area contributed by atoms with E-state index in [2.05, 4.69) is 25.4 Å². The molecule has 1 atom stereocenters. The maximum Gasteiger partial charge on any atom is 0.261 e. The number of fused-ring (bicyclic) bond motifs is 1. The average molecular weight is 432 g/mol. The normalized spacial score (nSPS) is 14.6. The predicted molar refractivity (Wildman–Crippen MR) is 120 cm³/mol. The molecule has 164 valence electrons. The van der Waals surface area contributed by atoms with Crippen molar-refractivity contribution in [1.29, 1.82) is 0 Å². The van der Waals surface area contributed by atoms with Gasteiger partial charge in [0.2, 0.25) is 11.7 Å². The lowest BCUT2D eigenvalue weighted by molar-refractivity contribution is 0.394. The van der Waals surface area contributed by atoms with Gasteiger partial charge in [0.15, 0.2) is 0 Å². The lowest BCUT2D eigenvalue weighted by Crippen LogP contribution is -2.29. The van der Waals surface area contributed by atoms with Crippen LogP contribution in [0, 0.1) is 13.8 Å². The van der Waals surface area contributed by atoms with Gasteiger partial charge in [-0.05, 0) is 37.8 Å². The van der Waals surface area contributed by atoms with E-state index in [4.69, 9.17) is 15.2 Å². The third-order valence-electron chi connectivity index (χ3n) is 5.74. The highest BCUT2D eigenvalue weighted by atomic mass is 16.5. The summed E-state index contributed by atoms with van der Waals surface area (Å²) in [6.07, 6.45) is 3.99. The quantitative estimate of drug-likeness (QED) is 0.470. The van der Waals surface area contributed by atoms with Gasteiger partial charge in [0.1, 0.15) is 29.4 Å². The Hall–Kier alpha value is -3.82. The van der Waals surface area contributed by atoms with Gasteiger partial charge < -0.3 is 15.6 Å². The Bertz CT molecular complexity index is 1370. The molecule has 1 aliphatic carbocycles. The number of rotatable bonds is 6. The van der Waals surface area contributed by atoms with Crippen LogP contribution in [0.5, 0.6) is 0 Å². The van der Waals surface area contributed by atoms with Crippen LogP contribution in [0.15, 0.2) is 33.8 Å². The van der Waals surface area contributed by atoms with E-state index in [1.807, 2.05) is 36.6 Å². The van der Waals surface area contributed by atoms with Crippen LogP contribution in [0.2, 0.25) is 0 Å². The van der Waals surface area contributed by atoms with Gasteiger partial charge in [-0.15, -0.1) is 0 Å². The largest absolute Gasteiger partial charge is 0.383 e. The van der Waals surface area contributed by atoms with Crippen molar-refractivity contribution < 1.29 is 4.52 Å². The van der Waals surface area contributed by atoms with E-state index in [1.54, 1.807) is 6.92 Å². The minimum Gasteiger partial charge on any atom is -0.383 e. The summed E-state index contributed by atoms with van der Waals surface area (Å²) in [5.74, 6) is 2.10. The Kier molecular flexibility index (Phi) is 4.84. The molecule has 1 aliphatic rings. The van der Waals surface area contributed by atoms with Gasteiger partial charge in [-0.2, -0.15) is 4.98 Å². The summed E-state index contributed by atoms with van der Waals surface area (Å²) in [5, 5.41) is 8.07. The highest BCUT2D eigenvalue weighted by molar-refractivity contribution is 5.82. The number of hydrogen-bond donors (Lipinski definition) is 2. The zero-order chi connectivity index (χ0) is 22.4. The first-order chi connectivity index (χ1) is 15.5. The number of aryl methyl sites for hydroxylation is 2. The molecule has 32 heavy (non-hydrogen) atoms. The van der Waals surface area contributed by atoms with Gasteiger partial charge in [-0.1, -0.05) is 24.2 Å². The molecular weight excluding hydrogens is 408 g/mol. The fourth-order valence-electron chi connectivity index (χ4n) is 4.00. The maximum atomic E-state index is 13.5. The van der Waals surface area contributed by atoms with Crippen LogP contribution in [0.25, 0.3) is 22.3 Å². The summed E-state index contributed by atoms with van der Waals surface area (Å²) in [5.41, 5.74) is 8.22. The summed E-state index contributed by atoms with van der Waals surface area (Å²) >= 11 is 0. The zero-order valence-electron chi connectivity index (χ0n) is 18.2. The van der Waals surface area contributed by atoms with Crippen molar-refractivity contribution in [1.82, 2.24) is 29.7 Å². The standard InChI is InChI=1S/C22H24N8O2/c1-4-14(27-19-17(18(23)24-10-25-19)20-26-12(3)32-29-20)21-28-15-7-5-6-11(2)16(15)22(31)30(21)13-8-9-13/h5-7,10,13-14H,4,8-9H2,1-3H3,(H3,23,24,25,27)/t14-/m0/s1. The van der Waals surface area contributed by atoms with Crippen molar-refractivity contribution in [2.45, 2.75) is 52.1 Å². The second-order valence-electron chi connectivity index (χ2n) is 8.07. The number of hydrogen-bond acceptors (Lipinski definition) is 9. The number of nitrogens with zero attached hydrogens (tertiary/aromatic N) is 6. The lowest BCUT2D eigenvalue weighted by Gasteiger charge is -2.23. The third kappa shape index (κ3) is 3.37. The SMILES string of the molecule is CC[C@H](Nc1ncnc(N)c1-c1noc(C)n1)c1nc2cccc(C)c2c(=O)n1C1CC1. The molecule has 0 bridgehead atoms. The zero-order valence-corrected chi connectivity index (χ0v) is 18.2. The molecule has 4 aromatic rings. The van der Waals surface area contributed by atoms with Crippen LogP contribution in [0.1, 0.15) is 55.5 Å². The molecular formula is C22H24N8O2. The van der Waals surface area contributed by atoms with E-state index in [9.17, 15) is 4.79 Å². The van der Waals surface area contributed by atoms with Crippen molar-refractivity contribution in [2.24, 2.45) is 0 Å². The summed E-state index contributed by atoms with van der Waals surface area (Å²) in [6, 6.07) is 5.63. The molecule has 0 amide bonds. The van der Waals surface area contributed by atoms with Crippen molar-refractivity contribution in [2.75, 3.05) is 11.1 Å². The maximum absolute atomic E-state index is 13.5. The monoisotopic (exact) mass is 432 g/mol. The molecule has 10 nitrogen and oxygen atoms in total. The minimum atomic E-state index is -0.283. The van der Waals surface area contributed by atoms with Gasteiger partial charge in [-0.25, -0.2) is 15.0 Å². The first-order valence-electron chi connectivity index (χ1n) is 10.7. The molecule has 0 radical (unpaired) electrons. The van der Waals surface area contributed by atoms with E-state index in [-0.39, 0.29) is 23.5 Å². The van der Waals surface area contributed by atoms with Crippen LogP contribution in [0.3, 0.4) is 0 Å². The van der Waals surface area contributed by atoms with Crippen molar-refractivity contribution in [3.63, 3.8) is 0 Å². The molecule has 1 aromatic carbocycles. The number of benzene rings is 1. The van der Waals surface area contributed by atoms with Gasteiger partial charge in [0.25, 0.3) is 5.56 Å². The molecule has 10 heteroatoms. The van der Waals surface area contributed by atoms with Crippen molar-refractivity contribution in [3.05, 3.63) is 52.2 Å². The van der Waals surface area contributed by atoms with Crippen molar-refractivity contribution in [3.8, 4) is 11.4 Å². The molecule has 1 saturated carbocycles. The molecule has 1 fully saturated rings. The Morgan fingerprint density at radius 2 is 2.06 bits per heavy atom. The summed E-state index contributed by atoms with van der Waals surface area (Å²) in [6.45, 7) is 5.68. The summed E-state index contributed by atoms with van der Waals surface area (Å²) < 4.78 is 6.97. The smallest absolute Gasteiger partial charge is 0.261 e. The second-order valence-corrected chi connectivity index (χ2v) is 8.07. The number of anilines is 2. The number of nitrogen functional groups attached to an aromatic ring is 1. The molecule has 3 aromatic heterocycles. The first-order valence-corrected chi connectivity index (χ1v) is 10.7. The fourth-order valence-corrected chi connectivity index (χ4v) is 4.00. The molecule has 3 N–H and O–H groups in total. The van der Waals surface area contributed by atoms with E-state index in [1.165, 1.54) is 6.33 Å². The van der Waals surface area contributed by atoms with Crippen LogP contribution < -0.4 is 16.6 Å². The molecule has 0 saturated heterocycles. The van der Waals surface area contributed by atoms with Gasteiger partial charge in [0, 0.05) is 13.0 Å². The molecule has 0 spiro atoms. The Labute approximate surface area is 183 Å². The number of aromatic nitrogens is 6. The highest BCUT2D eigenvalue weighted by Gasteiger charge is 2.31. The van der Waals surface area contributed by atoms with E-state index < -0.39 is 0 Å². The lowest BCUT2D eigenvalue weighted by atomic mass is 10.1. The van der Waals surface area contributed by atoms with Crippen LogP contribution >= 0.6 is 0 Å². The van der Waals surface area contributed by atoms with Crippen LogP contribution in [-0.4, -0.2) is 29.7 Å². The average Bonchev–Trinajstić information content (AvgIpc) is 3.51. The fraction of sp³-hybridized carbons (Fsp3) is 0.364. The van der Waals surface area contributed by atoms with Crippen LogP contribution in [-0.2, 0) is 0 Å². The van der Waals surface area contributed by atoms with E-state index >= 15 is 0 Å². The third-order valence-corrected chi connectivity index (χ3v) is 5.74. The molecule has 3 heterocycles. The second kappa shape index (κ2) is 7.70. The Morgan fingerprint density at radius 3 is 2.75 bits per heavy atom. The number of nitrogens with two attached hydrogens (primary N) is 1. The minimum absolute atomic E-state index is 0.00191. The van der Waals surface area contributed by atoms with Crippen molar-refractivity contribution >= 4 is 22.5 Å². The first kappa shape index (κ1) is 20.1. The molecule has 5 rings (SSSR count). The predicted octanol–water partition coefficient (Wildman–Crippen LogP) is 3.33. The summed E-state index contributed by atoms with van der Waals surface area (Å²) in [4.78, 5) is 31.2. The topological polar surface area (TPSA) is 138 Å². The summed E-state index contributed by atoms with van der Waals surface area (Å²) in [7, 11) is 0.